The highest BCUT2D eigenvalue weighted by molar-refractivity contribution is 5.85. The van der Waals surface area contributed by atoms with Crippen LogP contribution in [-0.4, -0.2) is 64.4 Å². The number of carbonyl (C=O) groups excluding carboxylic acids is 3. The Labute approximate surface area is 273 Å². The Balaban J connectivity index is 1.37. The van der Waals surface area contributed by atoms with Crippen molar-refractivity contribution in [3.05, 3.63) is 0 Å². The van der Waals surface area contributed by atoms with Gasteiger partial charge in [-0.05, 0) is 140 Å². The van der Waals surface area contributed by atoms with Gasteiger partial charge in [0.25, 0.3) is 0 Å². The second kappa shape index (κ2) is 13.7. The van der Waals surface area contributed by atoms with Gasteiger partial charge in [-0.15, -0.1) is 0 Å². The molecular weight excluding hydrogens is 568 g/mol. The molecular formula is C37H64N2O6. The molecule has 0 radical (unpaired) electrons. The summed E-state index contributed by atoms with van der Waals surface area (Å²) in [6, 6.07) is -0.592. The number of alkyl carbamates (subject to hydrolysis) is 1. The summed E-state index contributed by atoms with van der Waals surface area (Å²) >= 11 is 0. The molecule has 1 saturated heterocycles. The van der Waals surface area contributed by atoms with Gasteiger partial charge in [-0.1, -0.05) is 33.6 Å². The van der Waals surface area contributed by atoms with Crippen molar-refractivity contribution in [2.45, 2.75) is 163 Å². The van der Waals surface area contributed by atoms with Gasteiger partial charge in [-0.3, -0.25) is 9.59 Å². The van der Waals surface area contributed by atoms with Gasteiger partial charge in [0.15, 0.2) is 0 Å². The van der Waals surface area contributed by atoms with Crippen LogP contribution in [0.2, 0.25) is 0 Å². The van der Waals surface area contributed by atoms with Crippen LogP contribution in [0, 0.1) is 40.4 Å². The maximum Gasteiger partial charge on any atom is 0.408 e. The maximum atomic E-state index is 13.7. The number of unbranched alkanes of at least 4 members (excludes halogenated alkanes) is 1. The van der Waals surface area contributed by atoms with Gasteiger partial charge in [-0.25, -0.2) is 4.79 Å². The van der Waals surface area contributed by atoms with Crippen LogP contribution in [0.3, 0.4) is 0 Å². The average molecular weight is 633 g/mol. The topological polar surface area (TPSA) is 105 Å². The zero-order chi connectivity index (χ0) is 33.4. The molecule has 1 heterocycles. The summed E-state index contributed by atoms with van der Waals surface area (Å²) in [4.78, 5) is 40.4. The van der Waals surface area contributed by atoms with Crippen LogP contribution in [0.15, 0.2) is 0 Å². The van der Waals surface area contributed by atoms with Gasteiger partial charge in [0.05, 0.1) is 6.10 Å². The van der Waals surface area contributed by atoms with E-state index in [-0.39, 0.29) is 34.7 Å². The van der Waals surface area contributed by atoms with Gasteiger partial charge in [0, 0.05) is 19.5 Å². The predicted molar refractivity (Wildman–Crippen MR) is 176 cm³/mol. The summed E-state index contributed by atoms with van der Waals surface area (Å²) in [5, 5.41) is 14.6. The molecule has 1 aliphatic heterocycles. The van der Waals surface area contributed by atoms with Gasteiger partial charge in [-0.2, -0.15) is 0 Å². The Hall–Kier alpha value is -1.83. The number of hydrogen-bond donors (Lipinski definition) is 2. The number of amides is 2. The molecule has 2 N–H and O–H groups in total. The van der Waals surface area contributed by atoms with Crippen molar-refractivity contribution in [3.63, 3.8) is 0 Å². The smallest absolute Gasteiger partial charge is 0.408 e. The molecule has 0 aromatic carbocycles. The quantitative estimate of drug-likeness (QED) is 0.205. The van der Waals surface area contributed by atoms with Gasteiger partial charge in [0.2, 0.25) is 5.91 Å². The van der Waals surface area contributed by atoms with E-state index in [9.17, 15) is 19.5 Å². The van der Waals surface area contributed by atoms with E-state index in [4.69, 9.17) is 9.47 Å². The normalized spacial score (nSPS) is 35.5. The van der Waals surface area contributed by atoms with Crippen LogP contribution >= 0.6 is 0 Å². The second-order valence-corrected chi connectivity index (χ2v) is 17.5. The minimum Gasteiger partial charge on any atom is -0.460 e. The van der Waals surface area contributed by atoms with Crippen LogP contribution in [-0.2, 0) is 19.1 Å². The molecule has 9 unspecified atom stereocenters. The number of hydrogen-bond acceptors (Lipinski definition) is 6. The molecule has 45 heavy (non-hydrogen) atoms. The number of fused-ring (bicyclic) bond motifs is 5. The molecule has 4 aliphatic rings. The van der Waals surface area contributed by atoms with E-state index in [2.05, 4.69) is 19.2 Å². The fraction of sp³-hybridized carbons (Fsp3) is 0.919. The number of aliphatic hydroxyl groups is 1. The fourth-order valence-corrected chi connectivity index (χ4v) is 9.98. The first kappa shape index (κ1) is 36.0. The van der Waals surface area contributed by atoms with Crippen LogP contribution in [0.4, 0.5) is 4.79 Å². The summed E-state index contributed by atoms with van der Waals surface area (Å²) in [5.74, 6) is 2.10. The highest BCUT2D eigenvalue weighted by Gasteiger charge is 2.62. The minimum atomic E-state index is -0.622. The SMILES string of the molecule is CCCC(NC(=O)OC(C)(C)C)C(=O)N1CCC2(C)C(CC(O)C3C4CCC(CCCCC(=O)OC(C)(C)C)C4(C)CCC32)C1. The Morgan fingerprint density at radius 3 is 2.24 bits per heavy atom. The van der Waals surface area contributed by atoms with Crippen LogP contribution < -0.4 is 5.32 Å². The predicted octanol–water partition coefficient (Wildman–Crippen LogP) is 7.26. The zero-order valence-electron chi connectivity index (χ0n) is 29.9. The lowest BCUT2D eigenvalue weighted by Crippen LogP contribution is -2.62. The molecule has 0 spiro atoms. The lowest BCUT2D eigenvalue weighted by Gasteiger charge is -2.62. The van der Waals surface area contributed by atoms with Crippen molar-refractivity contribution in [3.8, 4) is 0 Å². The lowest BCUT2D eigenvalue weighted by atomic mass is 9.45. The summed E-state index contributed by atoms with van der Waals surface area (Å²) < 4.78 is 11.0. The Morgan fingerprint density at radius 1 is 0.933 bits per heavy atom. The first-order valence-corrected chi connectivity index (χ1v) is 18.1. The molecule has 4 fully saturated rings. The lowest BCUT2D eigenvalue weighted by molar-refractivity contribution is -0.175. The van der Waals surface area contributed by atoms with E-state index in [0.29, 0.717) is 49.6 Å². The molecule has 2 amide bonds. The number of nitrogens with zero attached hydrogens (tertiary/aromatic N) is 1. The van der Waals surface area contributed by atoms with E-state index in [0.717, 1.165) is 44.9 Å². The fourth-order valence-electron chi connectivity index (χ4n) is 9.98. The molecule has 258 valence electrons. The third-order valence-corrected chi connectivity index (χ3v) is 12.1. The number of aliphatic hydroxyl groups excluding tert-OH is 1. The standard InChI is InChI=1S/C37H64N2O6/c1-10-13-28(38-33(43)45-35(5,6)7)32(42)39-21-20-37(9)25(23-39)22-29(40)31-26-17-16-24(36(26,8)19-18-27(31)37)14-11-12-15-30(41)44-34(2,3)4/h24-29,31,40H,10-23H2,1-9H3,(H,38,43). The Kier molecular flexibility index (Phi) is 11.0. The van der Waals surface area contributed by atoms with Crippen LogP contribution in [0.1, 0.15) is 139 Å². The van der Waals surface area contributed by atoms with Crippen molar-refractivity contribution in [2.75, 3.05) is 13.1 Å². The van der Waals surface area contributed by atoms with Crippen molar-refractivity contribution >= 4 is 18.0 Å². The van der Waals surface area contributed by atoms with Crippen LogP contribution in [0.25, 0.3) is 0 Å². The van der Waals surface area contributed by atoms with Crippen LogP contribution in [0.5, 0.6) is 0 Å². The number of nitrogens with one attached hydrogen (secondary N) is 1. The van der Waals surface area contributed by atoms with Gasteiger partial charge >= 0.3 is 12.1 Å². The van der Waals surface area contributed by atoms with E-state index < -0.39 is 23.3 Å². The molecule has 0 aromatic rings. The first-order chi connectivity index (χ1) is 20.9. The third-order valence-electron chi connectivity index (χ3n) is 12.1. The molecule has 0 bridgehead atoms. The number of likely N-dealkylation sites (tertiary alicyclic amines) is 1. The average Bonchev–Trinajstić information content (AvgIpc) is 3.24. The molecule has 3 saturated carbocycles. The number of ether oxygens (including phenoxy) is 2. The largest absolute Gasteiger partial charge is 0.460 e. The number of rotatable bonds is 9. The Morgan fingerprint density at radius 2 is 1.60 bits per heavy atom. The minimum absolute atomic E-state index is 0.0251. The van der Waals surface area contributed by atoms with Crippen molar-refractivity contribution < 1.29 is 29.0 Å². The van der Waals surface area contributed by atoms with Crippen molar-refractivity contribution in [1.29, 1.82) is 0 Å². The van der Waals surface area contributed by atoms with Gasteiger partial charge in [0.1, 0.15) is 17.2 Å². The van der Waals surface area contributed by atoms with Crippen molar-refractivity contribution in [2.24, 2.45) is 40.4 Å². The van der Waals surface area contributed by atoms with Gasteiger partial charge < -0.3 is 24.8 Å². The Bertz CT molecular complexity index is 1060. The molecule has 4 rings (SSSR count). The number of piperidine rings is 1. The third kappa shape index (κ3) is 8.19. The number of esters is 1. The monoisotopic (exact) mass is 632 g/mol. The van der Waals surface area contributed by atoms with E-state index in [1.54, 1.807) is 0 Å². The molecule has 8 heteroatoms. The molecule has 3 aliphatic carbocycles. The highest BCUT2D eigenvalue weighted by Crippen LogP contribution is 2.67. The van der Waals surface area contributed by atoms with E-state index in [1.807, 2.05) is 53.4 Å². The summed E-state index contributed by atoms with van der Waals surface area (Å²) in [6.45, 7) is 19.5. The molecule has 0 aromatic heterocycles. The summed E-state index contributed by atoms with van der Waals surface area (Å²) in [7, 11) is 0. The highest BCUT2D eigenvalue weighted by atomic mass is 16.6. The first-order valence-electron chi connectivity index (χ1n) is 18.1. The zero-order valence-corrected chi connectivity index (χ0v) is 29.9. The van der Waals surface area contributed by atoms with E-state index in [1.165, 1.54) is 19.3 Å². The van der Waals surface area contributed by atoms with Crippen molar-refractivity contribution in [1.82, 2.24) is 10.2 Å². The number of carbonyl (C=O) groups is 3. The molecule has 8 nitrogen and oxygen atoms in total. The van der Waals surface area contributed by atoms with E-state index >= 15 is 0 Å². The maximum absolute atomic E-state index is 13.7. The molecule has 9 atom stereocenters. The second-order valence-electron chi connectivity index (χ2n) is 17.5. The summed E-state index contributed by atoms with van der Waals surface area (Å²) in [5.41, 5.74) is -0.704. The summed E-state index contributed by atoms with van der Waals surface area (Å²) in [6.07, 6.45) is 10.5.